The van der Waals surface area contributed by atoms with Crippen LogP contribution in [-0.4, -0.2) is 74.4 Å². The van der Waals surface area contributed by atoms with Gasteiger partial charge in [0.2, 0.25) is 5.88 Å². The number of hydrogen-bond acceptors (Lipinski definition) is 9. The Balaban J connectivity index is 1.23. The van der Waals surface area contributed by atoms with Gasteiger partial charge in [0, 0.05) is 42.8 Å². The molecule has 1 saturated carbocycles. The van der Waals surface area contributed by atoms with Crippen LogP contribution in [0.1, 0.15) is 90.4 Å². The van der Waals surface area contributed by atoms with Crippen molar-refractivity contribution >= 4 is 41.3 Å². The zero-order valence-electron chi connectivity index (χ0n) is 28.7. The Hall–Kier alpha value is -3.46. The van der Waals surface area contributed by atoms with Crippen LogP contribution in [0.4, 0.5) is 18.0 Å². The van der Waals surface area contributed by atoms with E-state index in [-0.39, 0.29) is 54.1 Å². The van der Waals surface area contributed by atoms with Gasteiger partial charge in [0.25, 0.3) is 5.91 Å². The highest BCUT2D eigenvalue weighted by Gasteiger charge is 2.62. The molecule has 1 saturated heterocycles. The number of nitrogens with zero attached hydrogens (tertiary/aromatic N) is 5. The molecule has 2 amide bonds. The third kappa shape index (κ3) is 10.1. The van der Waals surface area contributed by atoms with Crippen LogP contribution in [0, 0.1) is 11.3 Å². The predicted molar refractivity (Wildman–Crippen MR) is 184 cm³/mol. The van der Waals surface area contributed by atoms with Gasteiger partial charge in [-0.15, -0.1) is 5.10 Å². The van der Waals surface area contributed by atoms with Crippen LogP contribution in [0.5, 0.6) is 5.88 Å². The molecule has 11 nitrogen and oxygen atoms in total. The molecule has 0 aromatic carbocycles. The average Bonchev–Trinajstić information content (AvgIpc) is 3.54. The molecule has 0 radical (unpaired) electrons. The van der Waals surface area contributed by atoms with Crippen molar-refractivity contribution in [1.82, 2.24) is 24.4 Å². The van der Waals surface area contributed by atoms with Crippen LogP contribution < -0.4 is 15.2 Å². The molecule has 270 valence electrons. The van der Waals surface area contributed by atoms with Gasteiger partial charge in [0.15, 0.2) is 5.82 Å². The van der Waals surface area contributed by atoms with Crippen molar-refractivity contribution in [3.05, 3.63) is 46.2 Å². The minimum absolute atomic E-state index is 0.0709. The smallest absolute Gasteiger partial charge is 0.410 e. The summed E-state index contributed by atoms with van der Waals surface area (Å²) in [6, 6.07) is 4.54. The number of nitrogens with one attached hydrogen (secondary N) is 1. The van der Waals surface area contributed by atoms with Gasteiger partial charge in [-0.3, -0.25) is 14.5 Å². The number of carbonyl (C=O) groups excluding carboxylic acids is 2. The molecule has 3 N–H and O–H groups in total. The van der Waals surface area contributed by atoms with Crippen LogP contribution in [0.25, 0.3) is 5.82 Å². The molecule has 49 heavy (non-hydrogen) atoms. The van der Waals surface area contributed by atoms with E-state index >= 15 is 0 Å². The Morgan fingerprint density at radius 2 is 1.94 bits per heavy atom. The number of hydrogen-bond donors (Lipinski definition) is 2. The van der Waals surface area contributed by atoms with Gasteiger partial charge in [-0.1, -0.05) is 11.6 Å². The molecule has 1 aliphatic heterocycles. The van der Waals surface area contributed by atoms with Crippen molar-refractivity contribution < 1.29 is 32.2 Å². The molecular weight excluding hydrogens is 683 g/mol. The Labute approximate surface area is 294 Å². The number of nitrogens with two attached hydrogens (primary N) is 1. The van der Waals surface area contributed by atoms with Crippen molar-refractivity contribution in [2.45, 2.75) is 97.4 Å². The fourth-order valence-corrected chi connectivity index (χ4v) is 6.55. The van der Waals surface area contributed by atoms with E-state index in [9.17, 15) is 22.8 Å². The Kier molecular flexibility index (Phi) is 11.9. The second-order valence-corrected chi connectivity index (χ2v) is 15.3. The summed E-state index contributed by atoms with van der Waals surface area (Å²) in [7, 11) is 0. The molecular formula is C33H45ClF3N7O4S. The minimum atomic E-state index is -4.23. The van der Waals surface area contributed by atoms with Crippen molar-refractivity contribution in [1.29, 1.82) is 0 Å². The Morgan fingerprint density at radius 1 is 1.22 bits per heavy atom. The van der Waals surface area contributed by atoms with E-state index in [1.54, 1.807) is 0 Å². The number of ether oxygens (including phenoxy) is 2. The third-order valence-corrected chi connectivity index (χ3v) is 9.85. The van der Waals surface area contributed by atoms with Crippen LogP contribution >= 0.6 is 23.5 Å². The van der Waals surface area contributed by atoms with Gasteiger partial charge in [-0.25, -0.2) is 14.5 Å². The summed E-state index contributed by atoms with van der Waals surface area (Å²) in [5.74, 6) is 0.292. The fraction of sp³-hybridized carbons (Fsp3) is 0.606. The predicted octanol–water partition coefficient (Wildman–Crippen LogP) is 7.49. The number of halogens is 4. The number of allylic oxidation sites excluding steroid dienone is 1. The van der Waals surface area contributed by atoms with Gasteiger partial charge in [-0.2, -0.15) is 13.2 Å². The highest BCUT2D eigenvalue weighted by Crippen LogP contribution is 2.59. The van der Waals surface area contributed by atoms with Crippen LogP contribution in [0.3, 0.4) is 0 Å². The summed E-state index contributed by atoms with van der Waals surface area (Å²) in [5, 5.41) is 4.13. The van der Waals surface area contributed by atoms with E-state index in [0.29, 0.717) is 35.4 Å². The van der Waals surface area contributed by atoms with E-state index in [2.05, 4.69) is 33.6 Å². The maximum absolute atomic E-state index is 13.1. The van der Waals surface area contributed by atoms with E-state index in [1.165, 1.54) is 35.3 Å². The summed E-state index contributed by atoms with van der Waals surface area (Å²) in [4.78, 5) is 36.9. The molecule has 2 aromatic rings. The molecule has 4 rings (SSSR count). The number of alkyl halides is 3. The number of pyridine rings is 1. The molecule has 1 unspecified atom stereocenters. The van der Waals surface area contributed by atoms with E-state index < -0.39 is 23.1 Å². The quantitative estimate of drug-likeness (QED) is 0.0938. The first-order valence-electron chi connectivity index (χ1n) is 16.2. The molecule has 2 aromatic heterocycles. The monoisotopic (exact) mass is 727 g/mol. The van der Waals surface area contributed by atoms with Gasteiger partial charge < -0.3 is 20.1 Å². The lowest BCUT2D eigenvalue weighted by atomic mass is 9.93. The molecule has 1 aliphatic carbocycles. The van der Waals surface area contributed by atoms with Gasteiger partial charge >= 0.3 is 12.3 Å². The minimum Gasteiger partial charge on any atom is -0.477 e. The highest BCUT2D eigenvalue weighted by molar-refractivity contribution is 8.02. The van der Waals surface area contributed by atoms with Crippen molar-refractivity contribution in [3.63, 3.8) is 0 Å². The van der Waals surface area contributed by atoms with Crippen LogP contribution in [-0.2, 0) is 4.74 Å². The van der Waals surface area contributed by atoms with Gasteiger partial charge in [0.1, 0.15) is 10.8 Å². The number of aromatic nitrogens is 3. The van der Waals surface area contributed by atoms with Crippen molar-refractivity contribution in [2.75, 3.05) is 19.7 Å². The summed E-state index contributed by atoms with van der Waals surface area (Å²) in [6.07, 6.45) is 1.11. The van der Waals surface area contributed by atoms with Crippen LogP contribution in [0.2, 0.25) is 5.15 Å². The molecule has 0 spiro atoms. The maximum Gasteiger partial charge on any atom is 0.410 e. The second-order valence-electron chi connectivity index (χ2n) is 14.1. The van der Waals surface area contributed by atoms with E-state index in [4.69, 9.17) is 26.8 Å². The van der Waals surface area contributed by atoms with Crippen LogP contribution in [0.15, 0.2) is 40.5 Å². The molecule has 1 atom stereocenters. The number of aliphatic imine (C=N–C) groups is 1. The Bertz CT molecular complexity index is 1570. The lowest BCUT2D eigenvalue weighted by Gasteiger charge is -2.33. The highest BCUT2D eigenvalue weighted by atomic mass is 35.5. The van der Waals surface area contributed by atoms with Crippen molar-refractivity contribution in [3.8, 4) is 11.7 Å². The lowest BCUT2D eigenvalue weighted by Crippen LogP contribution is -2.45. The first-order valence-corrected chi connectivity index (χ1v) is 17.4. The molecule has 16 heteroatoms. The second kappa shape index (κ2) is 15.2. The fourth-order valence-electron chi connectivity index (χ4n) is 5.72. The summed E-state index contributed by atoms with van der Waals surface area (Å²) in [6.45, 7) is 12.6. The molecule has 3 heterocycles. The van der Waals surface area contributed by atoms with E-state index in [0.717, 1.165) is 31.2 Å². The first-order chi connectivity index (χ1) is 22.8. The lowest BCUT2D eigenvalue weighted by molar-refractivity contribution is -0.190. The normalized spacial score (nSPS) is 19.1. The molecule has 0 bridgehead atoms. The molecule has 2 fully saturated rings. The zero-order chi connectivity index (χ0) is 36.2. The number of carbonyl (C=O) groups is 2. The molecule has 2 aliphatic rings. The number of rotatable bonds is 13. The number of amides is 2. The SMILES string of the molecule is CC(=NCCCC1CN(C(=O)OC(C)(C)C)C(C)(C)C1)/C(=C\N)SNC(=O)c1ccc(-n2ccc(OCCC3(C(F)(F)F)CC3)n2)nc1Cl. The summed E-state index contributed by atoms with van der Waals surface area (Å²) in [5.41, 5.74) is 4.15. The standard InChI is InChI=1S/C33H45ClF3N7O4S/c1-21(39-15-7-8-22-18-31(5,6)43(20-22)29(46)48-30(2,3)4)24(19-38)49-42-28(45)23-9-10-25(40-27(23)34)44-16-11-26(41-44)47-17-14-32(12-13-32)33(35,36)37/h9-11,16,19,22H,7-8,12-15,17-18,20,38H2,1-6H3,(H,42,45)/b24-19+,39-21?. The largest absolute Gasteiger partial charge is 0.477 e. The van der Waals surface area contributed by atoms with E-state index in [1.807, 2.05) is 32.6 Å². The number of likely N-dealkylation sites (tertiary alicyclic amines) is 1. The third-order valence-electron chi connectivity index (χ3n) is 8.62. The Morgan fingerprint density at radius 3 is 2.55 bits per heavy atom. The first kappa shape index (κ1) is 38.3. The summed E-state index contributed by atoms with van der Waals surface area (Å²) < 4.78 is 54.5. The van der Waals surface area contributed by atoms with Gasteiger partial charge in [-0.05, 0) is 110 Å². The zero-order valence-corrected chi connectivity index (χ0v) is 30.3. The topological polar surface area (TPSA) is 137 Å². The summed E-state index contributed by atoms with van der Waals surface area (Å²) >= 11 is 7.34. The van der Waals surface area contributed by atoms with Gasteiger partial charge in [0.05, 0.1) is 22.5 Å². The maximum atomic E-state index is 13.1. The van der Waals surface area contributed by atoms with Crippen molar-refractivity contribution in [2.24, 2.45) is 22.1 Å². The average molecular weight is 728 g/mol.